The van der Waals surface area contributed by atoms with E-state index < -0.39 is 17.1 Å². The molecule has 1 N–H and O–H groups in total. The third kappa shape index (κ3) is 4.75. The highest BCUT2D eigenvalue weighted by atomic mass is 79.9. The van der Waals surface area contributed by atoms with Crippen LogP contribution in [0, 0.1) is 5.92 Å². The van der Waals surface area contributed by atoms with E-state index in [2.05, 4.69) is 21.2 Å². The van der Waals surface area contributed by atoms with Crippen molar-refractivity contribution in [3.8, 4) is 5.75 Å². The highest BCUT2D eigenvalue weighted by Gasteiger charge is 2.57. The number of amides is 3. The molecule has 1 saturated heterocycles. The van der Waals surface area contributed by atoms with Gasteiger partial charge < -0.3 is 10.1 Å². The summed E-state index contributed by atoms with van der Waals surface area (Å²) in [5.41, 5.74) is 1.83. The number of methoxy groups -OCH3 is 1. The Morgan fingerprint density at radius 3 is 2.43 bits per heavy atom. The Kier molecular flexibility index (Phi) is 7.39. The highest BCUT2D eigenvalue weighted by molar-refractivity contribution is 9.10. The first-order valence-corrected chi connectivity index (χ1v) is 16.3. The van der Waals surface area contributed by atoms with Crippen LogP contribution in [-0.2, 0) is 20.9 Å². The van der Waals surface area contributed by atoms with Crippen molar-refractivity contribution in [2.24, 2.45) is 5.92 Å². The van der Waals surface area contributed by atoms with Crippen LogP contribution in [0.5, 0.6) is 5.75 Å². The summed E-state index contributed by atoms with van der Waals surface area (Å²) in [4.78, 5) is 56.5. The predicted octanol–water partition coefficient (Wildman–Crippen LogP) is 6.27. The number of nitrogens with one attached hydrogen (secondary N) is 1. The maximum absolute atomic E-state index is 14.1. The topological polar surface area (TPSA) is 97.7 Å². The standard InChI is InChI=1S/C33H24BrN3O5S2/c1-42-24-12-5-4-10-22(24)26-27-28(31(40)37(30(27)39)20-15-13-19(34)14-16-20)43-32-29(26)44-33(41)36(32)17-25(38)35-23-11-6-8-18-7-2-3-9-21(18)23/h2-16,26-28H,17H2,1H3,(H,35,38)/t26-,27?,28?/m1/s1. The van der Waals surface area contributed by atoms with Crippen molar-refractivity contribution < 1.29 is 19.1 Å². The lowest BCUT2D eigenvalue weighted by molar-refractivity contribution is -0.122. The van der Waals surface area contributed by atoms with Crippen LogP contribution in [0.1, 0.15) is 16.4 Å². The first kappa shape index (κ1) is 28.6. The number of nitrogens with zero attached hydrogens (tertiary/aromatic N) is 2. The molecule has 3 atom stereocenters. The second-order valence-corrected chi connectivity index (χ2v) is 13.5. The molecule has 11 heteroatoms. The highest BCUT2D eigenvalue weighted by Crippen LogP contribution is 2.55. The minimum absolute atomic E-state index is 0.241. The number of carbonyl (C=O) groups excluding carboxylic acids is 3. The molecule has 1 aromatic heterocycles. The van der Waals surface area contributed by atoms with Gasteiger partial charge in [0.2, 0.25) is 17.7 Å². The smallest absolute Gasteiger partial charge is 0.308 e. The molecule has 1 fully saturated rings. The number of benzene rings is 4. The number of aromatic nitrogens is 1. The van der Waals surface area contributed by atoms with E-state index in [9.17, 15) is 19.2 Å². The molecule has 2 aliphatic heterocycles. The number of anilines is 2. The van der Waals surface area contributed by atoms with Gasteiger partial charge in [-0.3, -0.25) is 23.7 Å². The molecule has 2 aliphatic rings. The van der Waals surface area contributed by atoms with Gasteiger partial charge in [0.25, 0.3) is 0 Å². The van der Waals surface area contributed by atoms with Gasteiger partial charge >= 0.3 is 4.87 Å². The number of carbonyl (C=O) groups is 3. The Labute approximate surface area is 268 Å². The number of thiazole rings is 1. The number of ether oxygens (including phenoxy) is 1. The SMILES string of the molecule is COc1ccccc1[C@H]1c2sc(=O)n(CC(=O)Nc3cccc4ccccc34)c2SC2C(=O)N(c3ccc(Br)cc3)C(=O)C21. The van der Waals surface area contributed by atoms with E-state index in [1.54, 1.807) is 37.4 Å². The zero-order chi connectivity index (χ0) is 30.5. The monoisotopic (exact) mass is 685 g/mol. The first-order valence-electron chi connectivity index (χ1n) is 13.8. The normalized spacial score (nSPS) is 19.1. The summed E-state index contributed by atoms with van der Waals surface area (Å²) in [6.07, 6.45) is 0. The van der Waals surface area contributed by atoms with E-state index in [0.717, 1.165) is 26.6 Å². The van der Waals surface area contributed by atoms with Crippen LogP contribution in [0.15, 0.2) is 105 Å². The van der Waals surface area contributed by atoms with E-state index in [4.69, 9.17) is 4.74 Å². The van der Waals surface area contributed by atoms with E-state index >= 15 is 0 Å². The van der Waals surface area contributed by atoms with E-state index in [-0.39, 0.29) is 29.1 Å². The third-order valence-corrected chi connectivity index (χ3v) is 11.1. The molecule has 5 aromatic rings. The average molecular weight is 687 g/mol. The van der Waals surface area contributed by atoms with Crippen molar-refractivity contribution in [3.63, 3.8) is 0 Å². The van der Waals surface area contributed by atoms with Gasteiger partial charge in [-0.05, 0) is 41.8 Å². The molecule has 8 nitrogen and oxygen atoms in total. The number of hydrogen-bond acceptors (Lipinski definition) is 7. The molecule has 0 saturated carbocycles. The Balaban J connectivity index is 1.30. The Morgan fingerprint density at radius 2 is 1.64 bits per heavy atom. The van der Waals surface area contributed by atoms with Crippen molar-refractivity contribution in [3.05, 3.63) is 116 Å². The maximum Gasteiger partial charge on any atom is 0.308 e. The van der Waals surface area contributed by atoms with Gasteiger partial charge in [0.05, 0.1) is 23.7 Å². The number of fused-ring (bicyclic) bond motifs is 3. The van der Waals surface area contributed by atoms with Gasteiger partial charge in [-0.25, -0.2) is 4.90 Å². The minimum atomic E-state index is -0.796. The van der Waals surface area contributed by atoms with Crippen molar-refractivity contribution in [1.29, 1.82) is 0 Å². The van der Waals surface area contributed by atoms with Crippen molar-refractivity contribution >= 4 is 78.9 Å². The molecular weight excluding hydrogens is 662 g/mol. The van der Waals surface area contributed by atoms with Crippen LogP contribution < -0.4 is 19.8 Å². The Hall–Kier alpha value is -4.19. The summed E-state index contributed by atoms with van der Waals surface area (Å²) < 4.78 is 7.93. The molecule has 0 spiro atoms. The maximum atomic E-state index is 14.1. The zero-order valence-electron chi connectivity index (χ0n) is 23.2. The molecule has 4 aromatic carbocycles. The summed E-state index contributed by atoms with van der Waals surface area (Å²) in [5, 5.41) is 4.55. The van der Waals surface area contributed by atoms with Crippen molar-refractivity contribution in [2.45, 2.75) is 22.7 Å². The van der Waals surface area contributed by atoms with Crippen LogP contribution in [0.2, 0.25) is 0 Å². The lowest BCUT2D eigenvalue weighted by atomic mass is 9.82. The van der Waals surface area contributed by atoms with Gasteiger partial charge in [-0.15, -0.1) is 0 Å². The molecule has 0 aliphatic carbocycles. The van der Waals surface area contributed by atoms with Gasteiger partial charge in [0.15, 0.2) is 0 Å². The fourth-order valence-corrected chi connectivity index (χ4v) is 9.05. The number of rotatable bonds is 6. The molecule has 0 radical (unpaired) electrons. The first-order chi connectivity index (χ1) is 21.4. The number of imide groups is 1. The largest absolute Gasteiger partial charge is 0.496 e. The fourth-order valence-electron chi connectivity index (χ4n) is 6.03. The second kappa shape index (κ2) is 11.4. The summed E-state index contributed by atoms with van der Waals surface area (Å²) in [6, 6.07) is 27.7. The number of thioether (sulfide) groups is 1. The van der Waals surface area contributed by atoms with E-state index in [1.807, 2.05) is 60.7 Å². The van der Waals surface area contributed by atoms with Crippen LogP contribution in [0.3, 0.4) is 0 Å². The van der Waals surface area contributed by atoms with E-state index in [1.165, 1.54) is 21.2 Å². The quantitative estimate of drug-likeness (QED) is 0.212. The summed E-state index contributed by atoms with van der Waals surface area (Å²) in [7, 11) is 1.55. The van der Waals surface area contributed by atoms with Crippen molar-refractivity contribution in [2.75, 3.05) is 17.3 Å². The van der Waals surface area contributed by atoms with E-state index in [0.29, 0.717) is 32.6 Å². The Morgan fingerprint density at radius 1 is 0.909 bits per heavy atom. The lowest BCUT2D eigenvalue weighted by Gasteiger charge is -2.31. The lowest BCUT2D eigenvalue weighted by Crippen LogP contribution is -2.33. The predicted molar refractivity (Wildman–Crippen MR) is 176 cm³/mol. The van der Waals surface area contributed by atoms with Crippen LogP contribution >= 0.6 is 39.0 Å². The van der Waals surface area contributed by atoms with Gasteiger partial charge in [0, 0.05) is 31.9 Å². The van der Waals surface area contributed by atoms with Crippen LogP contribution in [0.25, 0.3) is 10.8 Å². The minimum Gasteiger partial charge on any atom is -0.496 e. The van der Waals surface area contributed by atoms with Crippen LogP contribution in [0.4, 0.5) is 11.4 Å². The second-order valence-electron chi connectivity index (χ2n) is 10.5. The fraction of sp³-hybridized carbons (Fsp3) is 0.152. The molecule has 2 unspecified atom stereocenters. The number of halogens is 1. The summed E-state index contributed by atoms with van der Waals surface area (Å²) in [6.45, 7) is -0.241. The van der Waals surface area contributed by atoms with Crippen molar-refractivity contribution in [1.82, 2.24) is 4.57 Å². The summed E-state index contributed by atoms with van der Waals surface area (Å²) >= 11 is 5.60. The van der Waals surface area contributed by atoms with Gasteiger partial charge in [-0.1, -0.05) is 93.6 Å². The van der Waals surface area contributed by atoms with Crippen LogP contribution in [-0.4, -0.2) is 34.6 Å². The van der Waals surface area contributed by atoms with Gasteiger partial charge in [-0.2, -0.15) is 0 Å². The molecule has 3 amide bonds. The Bertz CT molecular complexity index is 2020. The molecular formula is C33H24BrN3O5S2. The third-order valence-electron chi connectivity index (χ3n) is 7.97. The molecule has 44 heavy (non-hydrogen) atoms. The average Bonchev–Trinajstić information content (AvgIpc) is 3.48. The van der Waals surface area contributed by atoms with Gasteiger partial charge in [0.1, 0.15) is 17.5 Å². The summed E-state index contributed by atoms with van der Waals surface area (Å²) in [5.74, 6) is -1.90. The number of hydrogen-bond donors (Lipinski definition) is 1. The molecule has 7 rings (SSSR count). The number of para-hydroxylation sites is 1. The zero-order valence-corrected chi connectivity index (χ0v) is 26.4. The molecule has 3 heterocycles. The molecule has 220 valence electrons. The molecule has 0 bridgehead atoms.